The van der Waals surface area contributed by atoms with Gasteiger partial charge in [0.1, 0.15) is 0 Å². The zero-order chi connectivity index (χ0) is 15.5. The highest BCUT2D eigenvalue weighted by atomic mass is 32.2. The average Bonchev–Trinajstić information content (AvgIpc) is 2.93. The van der Waals surface area contributed by atoms with E-state index in [0.717, 1.165) is 17.9 Å². The predicted octanol–water partition coefficient (Wildman–Crippen LogP) is 1.73. The summed E-state index contributed by atoms with van der Waals surface area (Å²) in [5.41, 5.74) is 2.53. The van der Waals surface area contributed by atoms with Crippen molar-refractivity contribution >= 4 is 15.7 Å². The molecule has 2 aromatic rings. The summed E-state index contributed by atoms with van der Waals surface area (Å²) in [5, 5.41) is 7.43. The van der Waals surface area contributed by atoms with Crippen LogP contribution in [0.5, 0.6) is 0 Å². The first-order valence-electron chi connectivity index (χ1n) is 6.76. The molecule has 2 N–H and O–H groups in total. The van der Waals surface area contributed by atoms with Gasteiger partial charge in [0.15, 0.2) is 0 Å². The highest BCUT2D eigenvalue weighted by Gasteiger charge is 2.15. The Bertz CT molecular complexity index is 722. The first-order valence-corrected chi connectivity index (χ1v) is 8.25. The Hall–Kier alpha value is -1.86. The van der Waals surface area contributed by atoms with Crippen LogP contribution in [-0.4, -0.2) is 25.2 Å². The van der Waals surface area contributed by atoms with E-state index < -0.39 is 10.0 Å². The van der Waals surface area contributed by atoms with Gasteiger partial charge >= 0.3 is 0 Å². The summed E-state index contributed by atoms with van der Waals surface area (Å²) in [6.45, 7) is 5.20. The Balaban J connectivity index is 2.20. The molecule has 0 aliphatic rings. The molecule has 2 rings (SSSR count). The van der Waals surface area contributed by atoms with Crippen LogP contribution >= 0.6 is 0 Å². The lowest BCUT2D eigenvalue weighted by molar-refractivity contribution is 0.587. The van der Waals surface area contributed by atoms with E-state index in [1.165, 1.54) is 7.05 Å². The van der Waals surface area contributed by atoms with Gasteiger partial charge in [0, 0.05) is 18.4 Å². The van der Waals surface area contributed by atoms with Gasteiger partial charge in [0.25, 0.3) is 0 Å². The largest absolute Gasteiger partial charge is 0.379 e. The maximum absolute atomic E-state index is 12.0. The lowest BCUT2D eigenvalue weighted by Crippen LogP contribution is -2.19. The molecule has 0 radical (unpaired) electrons. The van der Waals surface area contributed by atoms with Crippen molar-refractivity contribution in [3.63, 3.8) is 0 Å². The third-order valence-electron chi connectivity index (χ3n) is 3.32. The van der Waals surface area contributed by atoms with E-state index in [-0.39, 0.29) is 0 Å². The smallest absolute Gasteiger partial charge is 0.240 e. The molecule has 0 bridgehead atoms. The number of anilines is 1. The number of hydrogen-bond acceptors (Lipinski definition) is 4. The highest BCUT2D eigenvalue weighted by molar-refractivity contribution is 7.89. The molecule has 114 valence electrons. The Morgan fingerprint density at radius 3 is 2.71 bits per heavy atom. The minimum Gasteiger partial charge on any atom is -0.379 e. The number of aryl methyl sites for hydroxylation is 2. The Morgan fingerprint density at radius 2 is 2.05 bits per heavy atom. The van der Waals surface area contributed by atoms with Crippen molar-refractivity contribution in [2.24, 2.45) is 0 Å². The topological polar surface area (TPSA) is 76.0 Å². The minimum absolute atomic E-state index is 0.291. The summed E-state index contributed by atoms with van der Waals surface area (Å²) in [5.74, 6) is 0. The van der Waals surface area contributed by atoms with E-state index >= 15 is 0 Å². The molecule has 0 saturated heterocycles. The number of hydrogen-bond donors (Lipinski definition) is 2. The molecule has 0 aliphatic carbocycles. The van der Waals surface area contributed by atoms with Crippen molar-refractivity contribution in [3.05, 3.63) is 41.7 Å². The molecule has 0 atom stereocenters. The van der Waals surface area contributed by atoms with Gasteiger partial charge in [0.05, 0.1) is 17.1 Å². The van der Waals surface area contributed by atoms with Gasteiger partial charge in [-0.1, -0.05) is 6.07 Å². The molecule has 0 amide bonds. The number of nitrogens with one attached hydrogen (secondary N) is 2. The summed E-state index contributed by atoms with van der Waals surface area (Å²) in [7, 11) is -2.03. The van der Waals surface area contributed by atoms with E-state index in [0.29, 0.717) is 17.0 Å². The molecule has 1 heterocycles. The summed E-state index contributed by atoms with van der Waals surface area (Å²) >= 11 is 0. The molecule has 0 aliphatic heterocycles. The van der Waals surface area contributed by atoms with Gasteiger partial charge in [-0.3, -0.25) is 4.68 Å². The standard InChI is InChI=1S/C14H20N4O2S/c1-4-18-13(7-8-17-18)10-16-12-6-5-11(2)14(9-12)21(19,20)15-3/h5-9,15-16H,4,10H2,1-3H3. The SMILES string of the molecule is CCn1nccc1CNc1ccc(C)c(S(=O)(=O)NC)c1. The van der Waals surface area contributed by atoms with E-state index in [1.807, 2.05) is 23.7 Å². The van der Waals surface area contributed by atoms with Crippen LogP contribution in [0.1, 0.15) is 18.2 Å². The Morgan fingerprint density at radius 1 is 1.29 bits per heavy atom. The number of aromatic nitrogens is 2. The first-order chi connectivity index (χ1) is 9.97. The zero-order valence-electron chi connectivity index (χ0n) is 12.4. The molecule has 6 nitrogen and oxygen atoms in total. The fourth-order valence-electron chi connectivity index (χ4n) is 2.10. The molecule has 1 aromatic heterocycles. The molecule has 1 aromatic carbocycles. The van der Waals surface area contributed by atoms with Crippen LogP contribution in [0.4, 0.5) is 5.69 Å². The third-order valence-corrected chi connectivity index (χ3v) is 4.88. The second-order valence-corrected chi connectivity index (χ2v) is 6.53. The second-order valence-electron chi connectivity index (χ2n) is 4.68. The normalized spacial score (nSPS) is 11.6. The van der Waals surface area contributed by atoms with Gasteiger partial charge < -0.3 is 5.32 Å². The van der Waals surface area contributed by atoms with E-state index in [4.69, 9.17) is 0 Å². The number of sulfonamides is 1. The molecular weight excluding hydrogens is 288 g/mol. The van der Waals surface area contributed by atoms with Crippen LogP contribution in [0.25, 0.3) is 0 Å². The van der Waals surface area contributed by atoms with Crippen LogP contribution in [0.2, 0.25) is 0 Å². The monoisotopic (exact) mass is 308 g/mol. The van der Waals surface area contributed by atoms with E-state index in [1.54, 1.807) is 25.3 Å². The number of rotatable bonds is 6. The number of benzene rings is 1. The van der Waals surface area contributed by atoms with E-state index in [2.05, 4.69) is 15.1 Å². The zero-order valence-corrected chi connectivity index (χ0v) is 13.2. The maximum atomic E-state index is 12.0. The van der Waals surface area contributed by atoms with Crippen molar-refractivity contribution in [1.29, 1.82) is 0 Å². The number of nitrogens with zero attached hydrogens (tertiary/aromatic N) is 2. The Labute approximate surface area is 125 Å². The van der Waals surface area contributed by atoms with Gasteiger partial charge in [-0.05, 0) is 44.7 Å². The third kappa shape index (κ3) is 3.43. The molecule has 21 heavy (non-hydrogen) atoms. The minimum atomic E-state index is -3.44. The van der Waals surface area contributed by atoms with Crippen molar-refractivity contribution in [2.45, 2.75) is 31.8 Å². The average molecular weight is 308 g/mol. The predicted molar refractivity (Wildman–Crippen MR) is 82.7 cm³/mol. The maximum Gasteiger partial charge on any atom is 0.240 e. The van der Waals surface area contributed by atoms with Crippen LogP contribution < -0.4 is 10.0 Å². The summed E-state index contributed by atoms with van der Waals surface area (Å²) < 4.78 is 28.1. The van der Waals surface area contributed by atoms with E-state index in [9.17, 15) is 8.42 Å². The molecule has 0 spiro atoms. The van der Waals surface area contributed by atoms with Crippen molar-refractivity contribution < 1.29 is 8.42 Å². The lowest BCUT2D eigenvalue weighted by Gasteiger charge is -2.11. The summed E-state index contributed by atoms with van der Waals surface area (Å²) in [6.07, 6.45) is 1.76. The van der Waals surface area contributed by atoms with Crippen LogP contribution in [-0.2, 0) is 23.1 Å². The second kappa shape index (κ2) is 6.28. The molecular formula is C14H20N4O2S. The Kier molecular flexibility index (Phi) is 4.64. The fraction of sp³-hybridized carbons (Fsp3) is 0.357. The van der Waals surface area contributed by atoms with Crippen LogP contribution in [0.3, 0.4) is 0 Å². The molecule has 7 heteroatoms. The molecule has 0 fully saturated rings. The van der Waals surface area contributed by atoms with Crippen molar-refractivity contribution in [2.75, 3.05) is 12.4 Å². The molecule has 0 saturated carbocycles. The van der Waals surface area contributed by atoms with Gasteiger partial charge in [0.2, 0.25) is 10.0 Å². The first kappa shape index (κ1) is 15.5. The highest BCUT2D eigenvalue weighted by Crippen LogP contribution is 2.20. The van der Waals surface area contributed by atoms with Gasteiger partial charge in [-0.15, -0.1) is 0 Å². The van der Waals surface area contributed by atoms with Crippen molar-refractivity contribution in [1.82, 2.24) is 14.5 Å². The fourth-order valence-corrected chi connectivity index (χ4v) is 3.09. The van der Waals surface area contributed by atoms with Gasteiger partial charge in [-0.25, -0.2) is 13.1 Å². The molecule has 0 unspecified atom stereocenters. The summed E-state index contributed by atoms with van der Waals surface area (Å²) in [6, 6.07) is 7.25. The summed E-state index contributed by atoms with van der Waals surface area (Å²) in [4.78, 5) is 0.291. The van der Waals surface area contributed by atoms with Crippen LogP contribution in [0.15, 0.2) is 35.4 Å². The lowest BCUT2D eigenvalue weighted by atomic mass is 10.2. The quantitative estimate of drug-likeness (QED) is 0.852. The van der Waals surface area contributed by atoms with Crippen molar-refractivity contribution in [3.8, 4) is 0 Å². The van der Waals surface area contributed by atoms with Crippen LogP contribution in [0, 0.1) is 6.92 Å². The van der Waals surface area contributed by atoms with Gasteiger partial charge in [-0.2, -0.15) is 5.10 Å².